The van der Waals surface area contributed by atoms with E-state index in [0.717, 1.165) is 6.42 Å². The highest BCUT2D eigenvalue weighted by Gasteiger charge is 2.28. The number of fused-ring (bicyclic) bond motifs is 1. The molecule has 0 radical (unpaired) electrons. The van der Waals surface area contributed by atoms with Gasteiger partial charge in [0, 0.05) is 6.04 Å². The van der Waals surface area contributed by atoms with E-state index >= 15 is 0 Å². The lowest BCUT2D eigenvalue weighted by Gasteiger charge is -2.32. The minimum absolute atomic E-state index is 0.383. The van der Waals surface area contributed by atoms with Crippen molar-refractivity contribution < 1.29 is 0 Å². The van der Waals surface area contributed by atoms with Gasteiger partial charge in [-0.2, -0.15) is 0 Å². The highest BCUT2D eigenvalue weighted by molar-refractivity contribution is 7.05. The molecule has 2 atom stereocenters. The molecule has 1 aliphatic carbocycles. The monoisotopic (exact) mass is 245 g/mol. The zero-order valence-electron chi connectivity index (χ0n) is 9.76. The number of benzene rings is 1. The van der Waals surface area contributed by atoms with Crippen LogP contribution in [-0.4, -0.2) is 16.6 Å². The van der Waals surface area contributed by atoms with Crippen LogP contribution >= 0.6 is 11.5 Å². The first-order valence-corrected chi connectivity index (χ1v) is 6.68. The van der Waals surface area contributed by atoms with Gasteiger partial charge in [0.05, 0.1) is 11.1 Å². The van der Waals surface area contributed by atoms with E-state index in [9.17, 15) is 0 Å². The predicted molar refractivity (Wildman–Crippen MR) is 69.2 cm³/mol. The van der Waals surface area contributed by atoms with E-state index < -0.39 is 0 Å². The maximum Gasteiger partial charge on any atom is 0.0669 e. The summed E-state index contributed by atoms with van der Waals surface area (Å²) in [5.41, 5.74) is 3.03. The number of hydrogen-bond acceptors (Lipinski definition) is 4. The van der Waals surface area contributed by atoms with Gasteiger partial charge in [-0.15, -0.1) is 5.10 Å². The van der Waals surface area contributed by atoms with Crippen LogP contribution in [-0.2, 0) is 6.42 Å². The van der Waals surface area contributed by atoms with Crippen LogP contribution in [0.2, 0.25) is 0 Å². The van der Waals surface area contributed by atoms with Crippen molar-refractivity contribution in [2.45, 2.75) is 24.8 Å². The Morgan fingerprint density at radius 3 is 3.06 bits per heavy atom. The Balaban J connectivity index is 1.73. The van der Waals surface area contributed by atoms with Gasteiger partial charge >= 0.3 is 0 Å². The van der Waals surface area contributed by atoms with Crippen LogP contribution < -0.4 is 5.32 Å². The smallest absolute Gasteiger partial charge is 0.0669 e. The standard InChI is InChI=1S/C13H15N3S/c1-14-12(13-8-15-16-17-13)7-10-6-9-4-2-3-5-11(9)10/h2-5,8,10,12,14H,6-7H2,1H3. The molecule has 2 aromatic rings. The van der Waals surface area contributed by atoms with Crippen molar-refractivity contribution in [3.05, 3.63) is 46.5 Å². The van der Waals surface area contributed by atoms with E-state index in [-0.39, 0.29) is 0 Å². The lowest BCUT2D eigenvalue weighted by atomic mass is 9.74. The molecule has 1 aromatic carbocycles. The van der Waals surface area contributed by atoms with E-state index in [1.165, 1.54) is 34.0 Å². The van der Waals surface area contributed by atoms with Gasteiger partial charge in [0.15, 0.2) is 0 Å². The van der Waals surface area contributed by atoms with Gasteiger partial charge in [0.25, 0.3) is 0 Å². The van der Waals surface area contributed by atoms with Gasteiger partial charge in [0.2, 0.25) is 0 Å². The molecule has 0 aliphatic heterocycles. The second-order valence-corrected chi connectivity index (χ2v) is 5.31. The number of hydrogen-bond donors (Lipinski definition) is 1. The fourth-order valence-corrected chi connectivity index (χ4v) is 3.19. The first-order chi connectivity index (χ1) is 8.38. The number of nitrogens with one attached hydrogen (secondary N) is 1. The molecule has 1 N–H and O–H groups in total. The second kappa shape index (κ2) is 4.55. The molecule has 1 aromatic heterocycles. The molecule has 2 unspecified atom stereocenters. The Morgan fingerprint density at radius 2 is 2.35 bits per heavy atom. The molecule has 0 saturated heterocycles. The molecule has 0 spiro atoms. The maximum absolute atomic E-state index is 3.94. The fraction of sp³-hybridized carbons (Fsp3) is 0.385. The summed E-state index contributed by atoms with van der Waals surface area (Å²) in [4.78, 5) is 1.23. The summed E-state index contributed by atoms with van der Waals surface area (Å²) >= 11 is 1.49. The molecule has 0 fully saturated rings. The van der Waals surface area contributed by atoms with Crippen LogP contribution in [0.3, 0.4) is 0 Å². The van der Waals surface area contributed by atoms with E-state index in [0.29, 0.717) is 12.0 Å². The van der Waals surface area contributed by atoms with E-state index in [2.05, 4.69) is 39.2 Å². The Morgan fingerprint density at radius 1 is 1.47 bits per heavy atom. The van der Waals surface area contributed by atoms with Gasteiger partial charge < -0.3 is 5.32 Å². The van der Waals surface area contributed by atoms with Crippen molar-refractivity contribution in [2.75, 3.05) is 7.05 Å². The molecule has 1 aliphatic rings. The zero-order valence-corrected chi connectivity index (χ0v) is 10.6. The first kappa shape index (κ1) is 10.9. The summed E-state index contributed by atoms with van der Waals surface area (Å²) in [7, 11) is 2.01. The van der Waals surface area contributed by atoms with E-state index in [1.807, 2.05) is 13.2 Å². The number of aromatic nitrogens is 2. The summed E-state index contributed by atoms with van der Waals surface area (Å²) in [5, 5.41) is 7.28. The van der Waals surface area contributed by atoms with Gasteiger partial charge in [-0.1, -0.05) is 28.8 Å². The average molecular weight is 245 g/mol. The van der Waals surface area contributed by atoms with Crippen molar-refractivity contribution in [3.8, 4) is 0 Å². The van der Waals surface area contributed by atoms with E-state index in [1.54, 1.807) is 0 Å². The van der Waals surface area contributed by atoms with Gasteiger partial charge in [-0.05, 0) is 48.5 Å². The van der Waals surface area contributed by atoms with Crippen LogP contribution in [0.4, 0.5) is 0 Å². The zero-order chi connectivity index (χ0) is 11.7. The minimum atomic E-state index is 0.383. The minimum Gasteiger partial charge on any atom is -0.312 e. The second-order valence-electron chi connectivity index (χ2n) is 4.50. The van der Waals surface area contributed by atoms with Crippen molar-refractivity contribution >= 4 is 11.5 Å². The topological polar surface area (TPSA) is 37.8 Å². The molecule has 4 heteroatoms. The molecule has 1 heterocycles. The molecule has 0 bridgehead atoms. The summed E-state index contributed by atoms with van der Waals surface area (Å²) in [6.45, 7) is 0. The molecule has 0 saturated carbocycles. The molecular formula is C13H15N3S. The third-order valence-electron chi connectivity index (χ3n) is 3.55. The van der Waals surface area contributed by atoms with Crippen molar-refractivity contribution in [1.29, 1.82) is 0 Å². The Bertz CT molecular complexity index is 495. The van der Waals surface area contributed by atoms with Crippen LogP contribution in [0.15, 0.2) is 30.5 Å². The number of rotatable bonds is 4. The van der Waals surface area contributed by atoms with Crippen molar-refractivity contribution in [2.24, 2.45) is 0 Å². The lowest BCUT2D eigenvalue weighted by molar-refractivity contribution is 0.456. The van der Waals surface area contributed by atoms with Crippen molar-refractivity contribution in [1.82, 2.24) is 14.9 Å². The lowest BCUT2D eigenvalue weighted by Crippen LogP contribution is -2.24. The third-order valence-corrected chi connectivity index (χ3v) is 4.33. The number of nitrogens with zero attached hydrogens (tertiary/aromatic N) is 2. The third kappa shape index (κ3) is 1.98. The quantitative estimate of drug-likeness (QED) is 0.899. The van der Waals surface area contributed by atoms with Gasteiger partial charge in [-0.25, -0.2) is 0 Å². The molecule has 17 heavy (non-hydrogen) atoms. The Labute approximate surface area is 105 Å². The fourth-order valence-electron chi connectivity index (χ4n) is 2.56. The van der Waals surface area contributed by atoms with Gasteiger partial charge in [0.1, 0.15) is 0 Å². The summed E-state index contributed by atoms with van der Waals surface area (Å²) in [6, 6.07) is 9.12. The normalized spacial score (nSPS) is 19.5. The molecule has 0 amide bonds. The van der Waals surface area contributed by atoms with E-state index in [4.69, 9.17) is 0 Å². The Kier molecular flexibility index (Phi) is 2.91. The maximum atomic E-state index is 3.94. The molecule has 88 valence electrons. The van der Waals surface area contributed by atoms with Crippen LogP contribution in [0, 0.1) is 0 Å². The first-order valence-electron chi connectivity index (χ1n) is 5.91. The van der Waals surface area contributed by atoms with Crippen LogP contribution in [0.5, 0.6) is 0 Å². The Hall–Kier alpha value is -1.26. The summed E-state index contributed by atoms with van der Waals surface area (Å²) in [5.74, 6) is 0.686. The highest BCUT2D eigenvalue weighted by atomic mass is 32.1. The van der Waals surface area contributed by atoms with Gasteiger partial charge in [-0.3, -0.25) is 0 Å². The molecule has 3 rings (SSSR count). The molecular weight excluding hydrogens is 230 g/mol. The summed E-state index contributed by atoms with van der Waals surface area (Å²) < 4.78 is 3.94. The SMILES string of the molecule is CNC(CC1Cc2ccccc21)c1cnns1. The molecule has 3 nitrogen and oxygen atoms in total. The highest BCUT2D eigenvalue weighted by Crippen LogP contribution is 2.40. The average Bonchev–Trinajstić information content (AvgIpc) is 2.84. The van der Waals surface area contributed by atoms with Crippen LogP contribution in [0.25, 0.3) is 0 Å². The summed E-state index contributed by atoms with van der Waals surface area (Å²) in [6.07, 6.45) is 4.22. The van der Waals surface area contributed by atoms with Crippen molar-refractivity contribution in [3.63, 3.8) is 0 Å². The van der Waals surface area contributed by atoms with Crippen LogP contribution in [0.1, 0.15) is 34.4 Å². The predicted octanol–water partition coefficient (Wildman–Crippen LogP) is 2.53. The largest absolute Gasteiger partial charge is 0.312 e.